The zero-order valence-corrected chi connectivity index (χ0v) is 14.0. The fraction of sp³-hybridized carbons (Fsp3) is 0.167. The van der Waals surface area contributed by atoms with E-state index >= 15 is 0 Å². The van der Waals surface area contributed by atoms with Gasteiger partial charge in [-0.05, 0) is 23.8 Å². The van der Waals surface area contributed by atoms with Crippen molar-refractivity contribution < 1.29 is 17.9 Å². The average Bonchev–Trinajstić information content (AvgIpc) is 2.60. The predicted molar refractivity (Wildman–Crippen MR) is 89.8 cm³/mol. The number of esters is 1. The van der Waals surface area contributed by atoms with Gasteiger partial charge in [0.15, 0.2) is 9.84 Å². The molecule has 0 saturated heterocycles. The lowest BCUT2D eigenvalue weighted by Gasteiger charge is -2.07. The number of hydrogen-bond acceptors (Lipinski definition) is 6. The molecule has 0 aliphatic heterocycles. The third-order valence-corrected chi connectivity index (χ3v) is 4.70. The summed E-state index contributed by atoms with van der Waals surface area (Å²) in [5.41, 5.74) is 1.81. The second kappa shape index (κ2) is 8.09. The van der Waals surface area contributed by atoms with E-state index in [1.165, 1.54) is 24.3 Å². The van der Waals surface area contributed by atoms with E-state index in [0.717, 1.165) is 0 Å². The molecule has 0 aromatic heterocycles. The van der Waals surface area contributed by atoms with Crippen LogP contribution in [-0.4, -0.2) is 20.1 Å². The number of nitriles is 2. The van der Waals surface area contributed by atoms with Gasteiger partial charge in [0.05, 0.1) is 29.0 Å². The van der Waals surface area contributed by atoms with E-state index in [0.29, 0.717) is 16.7 Å². The van der Waals surface area contributed by atoms with Crippen LogP contribution in [0.3, 0.4) is 0 Å². The van der Waals surface area contributed by atoms with Gasteiger partial charge in [-0.3, -0.25) is 0 Å². The summed E-state index contributed by atoms with van der Waals surface area (Å²) in [6, 6.07) is 16.4. The summed E-state index contributed by atoms with van der Waals surface area (Å²) in [5.74, 6) is -1.38. The zero-order valence-electron chi connectivity index (χ0n) is 13.2. The van der Waals surface area contributed by atoms with E-state index in [1.54, 1.807) is 30.3 Å². The lowest BCUT2D eigenvalue weighted by atomic mass is 10.1. The number of ether oxygens (including phenoxy) is 1. The Bertz CT molecular complexity index is 952. The highest BCUT2D eigenvalue weighted by molar-refractivity contribution is 7.90. The van der Waals surface area contributed by atoms with Gasteiger partial charge in [-0.25, -0.2) is 13.2 Å². The van der Waals surface area contributed by atoms with Crippen molar-refractivity contribution in [1.82, 2.24) is 0 Å². The minimum atomic E-state index is -3.48. The Balaban J connectivity index is 2.01. The molecule has 0 radical (unpaired) electrons. The van der Waals surface area contributed by atoms with Crippen molar-refractivity contribution in [3.05, 3.63) is 70.8 Å². The van der Waals surface area contributed by atoms with Crippen LogP contribution in [-0.2, 0) is 26.9 Å². The molecule has 2 aromatic carbocycles. The molecule has 7 heteroatoms. The van der Waals surface area contributed by atoms with Gasteiger partial charge in [0.1, 0.15) is 12.4 Å². The molecular weight excluding hydrogens is 340 g/mol. The third-order valence-electron chi connectivity index (χ3n) is 3.36. The first-order valence-electron chi connectivity index (χ1n) is 7.26. The first-order chi connectivity index (χ1) is 11.9. The van der Waals surface area contributed by atoms with E-state index in [9.17, 15) is 13.2 Å². The van der Waals surface area contributed by atoms with Gasteiger partial charge in [-0.15, -0.1) is 0 Å². The van der Waals surface area contributed by atoms with Gasteiger partial charge in [0.25, 0.3) is 0 Å². The highest BCUT2D eigenvalue weighted by Crippen LogP contribution is 2.13. The van der Waals surface area contributed by atoms with Crippen LogP contribution in [0.25, 0.3) is 0 Å². The fourth-order valence-corrected chi connectivity index (χ4v) is 3.12. The summed E-state index contributed by atoms with van der Waals surface area (Å²) in [6.07, 6.45) is 0. The minimum absolute atomic E-state index is 0.0269. The van der Waals surface area contributed by atoms with Crippen LogP contribution < -0.4 is 0 Å². The maximum absolute atomic E-state index is 12.1. The summed E-state index contributed by atoms with van der Waals surface area (Å²) < 4.78 is 28.4. The molecule has 0 aliphatic carbocycles. The normalized spacial score (nSPS) is 10.5. The zero-order chi connectivity index (χ0) is 18.3. The molecular formula is C18H14N2O4S. The molecule has 25 heavy (non-hydrogen) atoms. The maximum Gasteiger partial charge on any atom is 0.338 e. The molecule has 0 spiro atoms. The monoisotopic (exact) mass is 354 g/mol. The van der Waals surface area contributed by atoms with Gasteiger partial charge >= 0.3 is 5.97 Å². The Kier molecular flexibility index (Phi) is 5.89. The van der Waals surface area contributed by atoms with Crippen molar-refractivity contribution >= 4 is 15.8 Å². The van der Waals surface area contributed by atoms with Gasteiger partial charge in [-0.2, -0.15) is 10.5 Å². The van der Waals surface area contributed by atoms with Gasteiger partial charge in [0.2, 0.25) is 0 Å². The summed E-state index contributed by atoms with van der Waals surface area (Å²) in [4.78, 5) is 12.1. The quantitative estimate of drug-likeness (QED) is 0.737. The average molecular weight is 354 g/mol. The Labute approximate surface area is 145 Å². The van der Waals surface area contributed by atoms with E-state index in [1.807, 2.05) is 6.07 Å². The van der Waals surface area contributed by atoms with Crippen LogP contribution in [0.15, 0.2) is 48.5 Å². The minimum Gasteiger partial charge on any atom is -0.457 e. The van der Waals surface area contributed by atoms with Crippen molar-refractivity contribution in [2.75, 3.05) is 5.75 Å². The van der Waals surface area contributed by atoms with Crippen molar-refractivity contribution in [3.8, 4) is 12.1 Å². The van der Waals surface area contributed by atoms with E-state index in [-0.39, 0.29) is 17.9 Å². The summed E-state index contributed by atoms with van der Waals surface area (Å²) in [7, 11) is -3.48. The molecule has 2 rings (SSSR count). The van der Waals surface area contributed by atoms with Crippen molar-refractivity contribution in [3.63, 3.8) is 0 Å². The van der Waals surface area contributed by atoms with E-state index < -0.39 is 21.6 Å². The van der Waals surface area contributed by atoms with Crippen LogP contribution in [0.2, 0.25) is 0 Å². The van der Waals surface area contributed by atoms with Gasteiger partial charge in [-0.1, -0.05) is 30.3 Å². The SMILES string of the molecule is N#CCS(=O)(=O)Cc1ccc(C(=O)OCc2ccccc2C#N)cc1. The number of benzene rings is 2. The van der Waals surface area contributed by atoms with Gasteiger partial charge in [0, 0.05) is 5.56 Å². The van der Waals surface area contributed by atoms with Crippen LogP contribution in [0.5, 0.6) is 0 Å². The summed E-state index contributed by atoms with van der Waals surface area (Å²) in [6.45, 7) is -0.0269. The van der Waals surface area contributed by atoms with E-state index in [2.05, 4.69) is 0 Å². The van der Waals surface area contributed by atoms with Crippen LogP contribution in [0.4, 0.5) is 0 Å². The Morgan fingerprint density at radius 3 is 2.36 bits per heavy atom. The molecule has 0 aliphatic rings. The number of carbonyl (C=O) groups is 1. The molecule has 0 atom stereocenters. The number of rotatable bonds is 6. The molecule has 0 N–H and O–H groups in total. The van der Waals surface area contributed by atoms with Crippen molar-refractivity contribution in [1.29, 1.82) is 10.5 Å². The topological polar surface area (TPSA) is 108 Å². The second-order valence-corrected chi connectivity index (χ2v) is 7.30. The van der Waals surface area contributed by atoms with Crippen molar-refractivity contribution in [2.24, 2.45) is 0 Å². The van der Waals surface area contributed by atoms with E-state index in [4.69, 9.17) is 15.3 Å². The predicted octanol–water partition coefficient (Wildman–Crippen LogP) is 2.35. The molecule has 2 aromatic rings. The first-order valence-corrected chi connectivity index (χ1v) is 9.09. The summed E-state index contributed by atoms with van der Waals surface area (Å²) >= 11 is 0. The Morgan fingerprint density at radius 1 is 1.04 bits per heavy atom. The lowest BCUT2D eigenvalue weighted by Crippen LogP contribution is -2.09. The highest BCUT2D eigenvalue weighted by atomic mass is 32.2. The van der Waals surface area contributed by atoms with Crippen LogP contribution in [0.1, 0.15) is 27.0 Å². The summed E-state index contributed by atoms with van der Waals surface area (Å²) in [5, 5.41) is 17.5. The largest absolute Gasteiger partial charge is 0.457 e. The standard InChI is InChI=1S/C18H14N2O4S/c19-9-10-25(22,23)13-14-5-7-15(8-6-14)18(21)24-12-17-4-2-1-3-16(17)11-20/h1-8H,10,12-13H2. The molecule has 0 unspecified atom stereocenters. The van der Waals surface area contributed by atoms with Gasteiger partial charge < -0.3 is 4.74 Å². The van der Waals surface area contributed by atoms with Crippen LogP contribution in [0, 0.1) is 22.7 Å². The lowest BCUT2D eigenvalue weighted by molar-refractivity contribution is 0.0472. The first kappa shape index (κ1) is 18.2. The third kappa shape index (κ3) is 5.17. The number of nitrogens with zero attached hydrogens (tertiary/aromatic N) is 2. The number of carbonyl (C=O) groups excluding carboxylic acids is 1. The Hall–Kier alpha value is -3.16. The van der Waals surface area contributed by atoms with Crippen LogP contribution >= 0.6 is 0 Å². The maximum atomic E-state index is 12.1. The molecule has 0 fully saturated rings. The number of hydrogen-bond donors (Lipinski definition) is 0. The second-order valence-electron chi connectivity index (χ2n) is 5.23. The fourth-order valence-electron chi connectivity index (χ4n) is 2.12. The molecule has 0 heterocycles. The van der Waals surface area contributed by atoms with Crippen molar-refractivity contribution in [2.45, 2.75) is 12.4 Å². The number of sulfone groups is 1. The molecule has 0 amide bonds. The Morgan fingerprint density at radius 2 is 1.72 bits per heavy atom. The highest BCUT2D eigenvalue weighted by Gasteiger charge is 2.13. The molecule has 0 saturated carbocycles. The molecule has 6 nitrogen and oxygen atoms in total. The smallest absolute Gasteiger partial charge is 0.338 e. The molecule has 0 bridgehead atoms. The molecule has 126 valence electrons.